The maximum absolute atomic E-state index is 10.6. The van der Waals surface area contributed by atoms with Crippen LogP contribution in [0.15, 0.2) is 24.4 Å². The molecule has 2 fully saturated rings. The summed E-state index contributed by atoms with van der Waals surface area (Å²) in [6.07, 6.45) is -0.977. The summed E-state index contributed by atoms with van der Waals surface area (Å²) in [6.45, 7) is 4.12. The molecule has 2 aromatic rings. The van der Waals surface area contributed by atoms with Crippen LogP contribution < -0.4 is 4.90 Å². The fourth-order valence-electron chi connectivity index (χ4n) is 3.41. The number of halogens is 3. The van der Waals surface area contributed by atoms with E-state index in [1.807, 2.05) is 25.1 Å². The zero-order valence-electron chi connectivity index (χ0n) is 16.1. The largest absolute Gasteiger partial charge is 0.490 e. The van der Waals surface area contributed by atoms with Crippen LogP contribution in [0.5, 0.6) is 0 Å². The van der Waals surface area contributed by atoms with Gasteiger partial charge in [-0.05, 0) is 31.9 Å². The predicted molar refractivity (Wildman–Crippen MR) is 101 cm³/mol. The summed E-state index contributed by atoms with van der Waals surface area (Å²) in [5.74, 6) is -2.76. The topological polar surface area (TPSA) is 97.7 Å². The van der Waals surface area contributed by atoms with Crippen molar-refractivity contribution >= 4 is 22.4 Å². The number of carboxylic acid groups (broad SMARTS) is 1. The van der Waals surface area contributed by atoms with Crippen LogP contribution in [0.3, 0.4) is 0 Å². The molecule has 2 aliphatic rings. The number of aryl methyl sites for hydroxylation is 1. The molecule has 30 heavy (non-hydrogen) atoms. The Morgan fingerprint density at radius 2 is 2.13 bits per heavy atom. The molecule has 0 unspecified atom stereocenters. The van der Waals surface area contributed by atoms with Crippen molar-refractivity contribution in [2.45, 2.75) is 50.8 Å². The average molecular weight is 446 g/mol. The highest BCUT2D eigenvalue weighted by atomic mass is 32.1. The third kappa shape index (κ3) is 5.64. The van der Waals surface area contributed by atoms with Crippen LogP contribution in [-0.4, -0.2) is 63.8 Å². The summed E-state index contributed by atoms with van der Waals surface area (Å²) in [5.41, 5.74) is 0.961. The maximum Gasteiger partial charge on any atom is 0.490 e. The molecular weight excluding hydrogens is 425 g/mol. The third-order valence-corrected chi connectivity index (χ3v) is 5.59. The molecule has 4 rings (SSSR count). The molecule has 1 aliphatic heterocycles. The van der Waals surface area contributed by atoms with Gasteiger partial charge in [-0.15, -0.1) is 10.2 Å². The number of morpholine rings is 1. The molecule has 1 saturated heterocycles. The highest BCUT2D eigenvalue weighted by Crippen LogP contribution is 2.36. The van der Waals surface area contributed by atoms with Crippen molar-refractivity contribution in [3.63, 3.8) is 0 Å². The van der Waals surface area contributed by atoms with E-state index in [-0.39, 0.29) is 12.2 Å². The van der Waals surface area contributed by atoms with E-state index in [0.29, 0.717) is 19.3 Å². The van der Waals surface area contributed by atoms with Crippen LogP contribution in [0.25, 0.3) is 0 Å². The van der Waals surface area contributed by atoms with Gasteiger partial charge in [0.1, 0.15) is 11.1 Å². The van der Waals surface area contributed by atoms with Crippen LogP contribution in [0.2, 0.25) is 0 Å². The minimum atomic E-state index is -5.08. The summed E-state index contributed by atoms with van der Waals surface area (Å²) < 4.78 is 43.9. The van der Waals surface area contributed by atoms with E-state index in [2.05, 4.69) is 20.1 Å². The monoisotopic (exact) mass is 446 g/mol. The Morgan fingerprint density at radius 3 is 2.73 bits per heavy atom. The molecule has 1 aliphatic carbocycles. The zero-order chi connectivity index (χ0) is 21.7. The van der Waals surface area contributed by atoms with Gasteiger partial charge in [0.25, 0.3) is 0 Å². The summed E-state index contributed by atoms with van der Waals surface area (Å²) in [5, 5.41) is 17.6. The first-order valence-electron chi connectivity index (χ1n) is 9.25. The molecule has 1 saturated carbocycles. The number of nitrogens with zero attached hydrogens (tertiary/aromatic N) is 4. The molecule has 12 heteroatoms. The number of carboxylic acids is 1. The van der Waals surface area contributed by atoms with Gasteiger partial charge in [0.2, 0.25) is 5.13 Å². The number of carbonyl (C=O) groups is 1. The molecule has 0 aromatic carbocycles. The highest BCUT2D eigenvalue weighted by molar-refractivity contribution is 7.15. The summed E-state index contributed by atoms with van der Waals surface area (Å²) in [4.78, 5) is 15.6. The van der Waals surface area contributed by atoms with Crippen molar-refractivity contribution in [2.75, 3.05) is 18.1 Å². The Morgan fingerprint density at radius 1 is 1.37 bits per heavy atom. The first kappa shape index (κ1) is 22.4. The molecule has 0 amide bonds. The van der Waals surface area contributed by atoms with E-state index in [1.165, 1.54) is 0 Å². The van der Waals surface area contributed by atoms with Crippen molar-refractivity contribution in [1.82, 2.24) is 15.2 Å². The lowest BCUT2D eigenvalue weighted by molar-refractivity contribution is -0.192. The number of hydrogen-bond acceptors (Lipinski definition) is 8. The second-order valence-electron chi connectivity index (χ2n) is 6.75. The molecule has 3 atom stereocenters. The van der Waals surface area contributed by atoms with Crippen molar-refractivity contribution < 1.29 is 32.5 Å². The number of fused-ring (bicyclic) bond motifs is 1. The normalized spacial score (nSPS) is 23.5. The number of ether oxygens (including phenoxy) is 2. The van der Waals surface area contributed by atoms with Crippen LogP contribution in [0.4, 0.5) is 18.3 Å². The number of aliphatic carboxylic acids is 1. The molecular formula is C18H21F3N4O4S. The Hall–Kier alpha value is -2.31. The first-order valence-corrected chi connectivity index (χ1v) is 10.1. The molecule has 0 spiro atoms. The number of hydrogen-bond donors (Lipinski definition) is 1. The third-order valence-electron chi connectivity index (χ3n) is 4.71. The quantitative estimate of drug-likeness (QED) is 0.766. The maximum atomic E-state index is 10.6. The summed E-state index contributed by atoms with van der Waals surface area (Å²) in [7, 11) is 0. The van der Waals surface area contributed by atoms with Gasteiger partial charge in [-0.3, -0.25) is 4.98 Å². The van der Waals surface area contributed by atoms with Crippen LogP contribution in [0.1, 0.15) is 23.5 Å². The van der Waals surface area contributed by atoms with Gasteiger partial charge in [-0.25, -0.2) is 4.79 Å². The van der Waals surface area contributed by atoms with Gasteiger partial charge in [-0.2, -0.15) is 13.2 Å². The van der Waals surface area contributed by atoms with E-state index in [0.717, 1.165) is 35.2 Å². The Kier molecular flexibility index (Phi) is 7.21. The lowest BCUT2D eigenvalue weighted by Gasteiger charge is -2.38. The molecule has 0 radical (unpaired) electrons. The van der Waals surface area contributed by atoms with Crippen LogP contribution >= 0.6 is 11.3 Å². The number of alkyl halides is 3. The Balaban J connectivity index is 0.000000318. The summed E-state index contributed by atoms with van der Waals surface area (Å²) >= 11 is 1.65. The van der Waals surface area contributed by atoms with E-state index >= 15 is 0 Å². The number of anilines is 1. The van der Waals surface area contributed by atoms with Crippen molar-refractivity contribution in [3.05, 3.63) is 35.1 Å². The van der Waals surface area contributed by atoms with Crippen LogP contribution in [-0.2, 0) is 20.9 Å². The molecule has 164 valence electrons. The fraction of sp³-hybridized carbons (Fsp3) is 0.556. The van der Waals surface area contributed by atoms with Crippen molar-refractivity contribution in [2.24, 2.45) is 0 Å². The van der Waals surface area contributed by atoms with E-state index < -0.39 is 12.1 Å². The minimum Gasteiger partial charge on any atom is -0.475 e. The molecule has 0 bridgehead atoms. The number of aromatic nitrogens is 3. The lowest BCUT2D eigenvalue weighted by atomic mass is 10.1. The fourth-order valence-corrected chi connectivity index (χ4v) is 4.18. The second kappa shape index (κ2) is 9.67. The Bertz CT molecular complexity index is 836. The van der Waals surface area contributed by atoms with Gasteiger partial charge < -0.3 is 19.5 Å². The van der Waals surface area contributed by atoms with E-state index in [4.69, 9.17) is 19.4 Å². The van der Waals surface area contributed by atoms with Crippen LogP contribution in [0, 0.1) is 6.92 Å². The summed E-state index contributed by atoms with van der Waals surface area (Å²) in [6, 6.07) is 6.23. The average Bonchev–Trinajstić information content (AvgIpc) is 3.33. The lowest BCUT2D eigenvalue weighted by Crippen LogP contribution is -2.51. The molecule has 1 N–H and O–H groups in total. The van der Waals surface area contributed by atoms with Gasteiger partial charge in [0.05, 0.1) is 31.1 Å². The standard InChI is InChI=1S/C16H20N4O2S.C2HF3O2/c1-11-18-19-16(23-11)20-8-9-21-15-13(20)5-6-14(15)22-10-12-4-2-3-7-17-12;3-2(4,5)1(6)7/h2-4,7,13-15H,5-6,8-10H2,1H3;(H,6,7)/t13-,14-,15+;/m0./s1. The first-order chi connectivity index (χ1) is 14.3. The molecule has 3 heterocycles. The number of pyridine rings is 1. The highest BCUT2D eigenvalue weighted by Gasteiger charge is 2.44. The van der Waals surface area contributed by atoms with Gasteiger partial charge in [0.15, 0.2) is 0 Å². The van der Waals surface area contributed by atoms with Crippen molar-refractivity contribution in [3.8, 4) is 0 Å². The second-order valence-corrected chi connectivity index (χ2v) is 7.91. The van der Waals surface area contributed by atoms with Gasteiger partial charge >= 0.3 is 12.1 Å². The SMILES string of the molecule is Cc1nnc(N2CCO[C@H]3[C@@H](OCc4ccccn4)CC[C@@H]32)s1.O=C(O)C(F)(F)F. The van der Waals surface area contributed by atoms with E-state index in [1.54, 1.807) is 17.5 Å². The minimum absolute atomic E-state index is 0.108. The van der Waals surface area contributed by atoms with Gasteiger partial charge in [-0.1, -0.05) is 17.4 Å². The van der Waals surface area contributed by atoms with Gasteiger partial charge in [0, 0.05) is 12.7 Å². The smallest absolute Gasteiger partial charge is 0.475 e. The predicted octanol–water partition coefficient (Wildman–Crippen LogP) is 2.83. The number of rotatable bonds is 4. The Labute approximate surface area is 174 Å². The molecule has 8 nitrogen and oxygen atoms in total. The zero-order valence-corrected chi connectivity index (χ0v) is 16.9. The van der Waals surface area contributed by atoms with E-state index in [9.17, 15) is 13.2 Å². The van der Waals surface area contributed by atoms with Crippen molar-refractivity contribution in [1.29, 1.82) is 0 Å². The molecule has 2 aromatic heterocycles.